The highest BCUT2D eigenvalue weighted by molar-refractivity contribution is 8.00. The molecule has 1 atom stereocenters. The second-order valence-electron chi connectivity index (χ2n) is 6.07. The molecule has 1 saturated heterocycles. The molecule has 8 heteroatoms. The second-order valence-corrected chi connectivity index (χ2v) is 7.24. The van der Waals surface area contributed by atoms with Gasteiger partial charge in [0, 0.05) is 31.4 Å². The summed E-state index contributed by atoms with van der Waals surface area (Å²) < 4.78 is 1.70. The van der Waals surface area contributed by atoms with Crippen LogP contribution in [0.4, 0.5) is 5.82 Å². The zero-order valence-electron chi connectivity index (χ0n) is 14.0. The molecule has 2 aromatic heterocycles. The average Bonchev–Trinajstić information content (AvgIpc) is 3.31. The Kier molecular flexibility index (Phi) is 4.04. The van der Waals surface area contributed by atoms with Gasteiger partial charge in [0.2, 0.25) is 11.1 Å². The number of hydrogen-bond acceptors (Lipinski definition) is 5. The number of amides is 1. The molecule has 1 aromatic carbocycles. The SMILES string of the molecule is Cc1ccc(-c2nc(SC3CCN(c4ccn(C)n4)C3=O)n[nH]2)cc1. The summed E-state index contributed by atoms with van der Waals surface area (Å²) in [5.41, 5.74) is 2.18. The number of hydrogen-bond donors (Lipinski definition) is 1. The molecule has 0 bridgehead atoms. The first-order valence-electron chi connectivity index (χ1n) is 8.07. The van der Waals surface area contributed by atoms with E-state index >= 15 is 0 Å². The lowest BCUT2D eigenvalue weighted by Crippen LogP contribution is -2.28. The summed E-state index contributed by atoms with van der Waals surface area (Å²) in [6, 6.07) is 9.95. The maximum absolute atomic E-state index is 12.6. The molecule has 7 nitrogen and oxygen atoms in total. The van der Waals surface area contributed by atoms with Crippen LogP contribution in [0.3, 0.4) is 0 Å². The largest absolute Gasteiger partial charge is 0.294 e. The third-order valence-electron chi connectivity index (χ3n) is 4.17. The van der Waals surface area contributed by atoms with E-state index in [0.29, 0.717) is 17.5 Å². The van der Waals surface area contributed by atoms with Gasteiger partial charge in [0.25, 0.3) is 0 Å². The number of carbonyl (C=O) groups excluding carboxylic acids is 1. The number of nitrogens with zero attached hydrogens (tertiary/aromatic N) is 5. The number of rotatable bonds is 4. The molecular weight excluding hydrogens is 336 g/mol. The maximum Gasteiger partial charge on any atom is 0.241 e. The molecule has 0 saturated carbocycles. The first kappa shape index (κ1) is 15.9. The molecule has 1 aliphatic heterocycles. The lowest BCUT2D eigenvalue weighted by Gasteiger charge is -2.12. The van der Waals surface area contributed by atoms with Crippen LogP contribution < -0.4 is 4.90 Å². The predicted octanol–water partition coefficient (Wildman–Crippen LogP) is 2.41. The summed E-state index contributed by atoms with van der Waals surface area (Å²) in [7, 11) is 1.84. The van der Waals surface area contributed by atoms with E-state index in [2.05, 4.69) is 20.3 Å². The summed E-state index contributed by atoms with van der Waals surface area (Å²) >= 11 is 1.40. The van der Waals surface area contributed by atoms with Crippen molar-refractivity contribution in [3.8, 4) is 11.4 Å². The molecule has 1 unspecified atom stereocenters. The van der Waals surface area contributed by atoms with E-state index in [1.54, 1.807) is 9.58 Å². The Labute approximate surface area is 149 Å². The molecule has 1 amide bonds. The van der Waals surface area contributed by atoms with Gasteiger partial charge in [0.1, 0.15) is 0 Å². The Morgan fingerprint density at radius 3 is 2.76 bits per heavy atom. The molecule has 1 fully saturated rings. The van der Waals surface area contributed by atoms with E-state index in [0.717, 1.165) is 17.8 Å². The van der Waals surface area contributed by atoms with Gasteiger partial charge < -0.3 is 0 Å². The van der Waals surface area contributed by atoms with Crippen molar-refractivity contribution in [2.24, 2.45) is 7.05 Å². The Balaban J connectivity index is 1.46. The zero-order chi connectivity index (χ0) is 17.4. The highest BCUT2D eigenvalue weighted by Crippen LogP contribution is 2.31. The minimum Gasteiger partial charge on any atom is -0.294 e. The number of thioether (sulfide) groups is 1. The fourth-order valence-corrected chi connectivity index (χ4v) is 3.75. The fraction of sp³-hybridized carbons (Fsp3) is 0.294. The van der Waals surface area contributed by atoms with Gasteiger partial charge in [0.15, 0.2) is 11.6 Å². The van der Waals surface area contributed by atoms with E-state index in [9.17, 15) is 4.79 Å². The number of anilines is 1. The van der Waals surface area contributed by atoms with Crippen LogP contribution in [0.25, 0.3) is 11.4 Å². The van der Waals surface area contributed by atoms with Crippen molar-refractivity contribution in [1.29, 1.82) is 0 Å². The first-order valence-corrected chi connectivity index (χ1v) is 8.95. The van der Waals surface area contributed by atoms with Crippen molar-refractivity contribution in [2.45, 2.75) is 23.8 Å². The number of benzene rings is 1. The molecular formula is C17H18N6OS. The van der Waals surface area contributed by atoms with E-state index in [1.807, 2.05) is 50.5 Å². The van der Waals surface area contributed by atoms with E-state index < -0.39 is 0 Å². The molecule has 0 aliphatic carbocycles. The lowest BCUT2D eigenvalue weighted by atomic mass is 10.1. The van der Waals surface area contributed by atoms with Crippen molar-refractivity contribution in [3.05, 3.63) is 42.1 Å². The Morgan fingerprint density at radius 1 is 1.24 bits per heavy atom. The first-order chi connectivity index (χ1) is 12.1. The van der Waals surface area contributed by atoms with Gasteiger partial charge in [-0.3, -0.25) is 19.5 Å². The van der Waals surface area contributed by atoms with Gasteiger partial charge in [-0.2, -0.15) is 5.10 Å². The molecule has 4 rings (SSSR count). The van der Waals surface area contributed by atoms with Crippen LogP contribution >= 0.6 is 11.8 Å². The standard InChI is InChI=1S/C17H18N6OS/c1-11-3-5-12(6-4-11)15-18-17(20-19-15)25-13-7-10-23(16(13)24)14-8-9-22(2)21-14/h3-6,8-9,13H,7,10H2,1-2H3,(H,18,19,20). The Bertz CT molecular complexity index is 900. The summed E-state index contributed by atoms with van der Waals surface area (Å²) in [6.45, 7) is 2.72. The summed E-state index contributed by atoms with van der Waals surface area (Å²) in [4.78, 5) is 18.9. The molecule has 25 heavy (non-hydrogen) atoms. The van der Waals surface area contributed by atoms with Crippen LogP contribution in [0.15, 0.2) is 41.7 Å². The second kappa shape index (κ2) is 6.36. The smallest absolute Gasteiger partial charge is 0.241 e. The third-order valence-corrected chi connectivity index (χ3v) is 5.29. The van der Waals surface area contributed by atoms with Gasteiger partial charge in [-0.25, -0.2) is 4.98 Å². The van der Waals surface area contributed by atoms with Gasteiger partial charge in [-0.1, -0.05) is 41.6 Å². The molecule has 3 aromatic rings. The number of aryl methyl sites for hydroxylation is 2. The van der Waals surface area contributed by atoms with Crippen LogP contribution in [-0.4, -0.2) is 42.7 Å². The van der Waals surface area contributed by atoms with E-state index in [4.69, 9.17) is 0 Å². The summed E-state index contributed by atoms with van der Waals surface area (Å²) in [5, 5.41) is 11.9. The molecule has 3 heterocycles. The van der Waals surface area contributed by atoms with Crippen LogP contribution in [0.1, 0.15) is 12.0 Å². The molecule has 1 N–H and O–H groups in total. The van der Waals surface area contributed by atoms with Crippen molar-refractivity contribution in [1.82, 2.24) is 25.0 Å². The van der Waals surface area contributed by atoms with E-state index in [-0.39, 0.29) is 11.2 Å². The van der Waals surface area contributed by atoms with Crippen molar-refractivity contribution >= 4 is 23.5 Å². The van der Waals surface area contributed by atoms with Crippen molar-refractivity contribution in [2.75, 3.05) is 11.4 Å². The van der Waals surface area contributed by atoms with Crippen LogP contribution in [-0.2, 0) is 11.8 Å². The molecule has 1 aliphatic rings. The van der Waals surface area contributed by atoms with Gasteiger partial charge in [-0.15, -0.1) is 5.10 Å². The molecule has 0 spiro atoms. The minimum absolute atomic E-state index is 0.0605. The van der Waals surface area contributed by atoms with Crippen LogP contribution in [0.5, 0.6) is 0 Å². The Hall–Kier alpha value is -2.61. The van der Waals surface area contributed by atoms with Gasteiger partial charge in [-0.05, 0) is 13.3 Å². The van der Waals surface area contributed by atoms with Crippen molar-refractivity contribution in [3.63, 3.8) is 0 Å². The Morgan fingerprint density at radius 2 is 2.04 bits per heavy atom. The number of nitrogens with one attached hydrogen (secondary N) is 1. The summed E-state index contributed by atoms with van der Waals surface area (Å²) in [5.74, 6) is 1.48. The van der Waals surface area contributed by atoms with Crippen molar-refractivity contribution < 1.29 is 4.79 Å². The molecule has 0 radical (unpaired) electrons. The maximum atomic E-state index is 12.6. The third kappa shape index (κ3) is 3.17. The molecule has 128 valence electrons. The number of aromatic amines is 1. The highest BCUT2D eigenvalue weighted by atomic mass is 32.2. The normalized spacial score (nSPS) is 17.4. The topological polar surface area (TPSA) is 79.7 Å². The van der Waals surface area contributed by atoms with Crippen LogP contribution in [0, 0.1) is 6.92 Å². The van der Waals surface area contributed by atoms with Gasteiger partial charge in [0.05, 0.1) is 5.25 Å². The quantitative estimate of drug-likeness (QED) is 0.778. The van der Waals surface area contributed by atoms with E-state index in [1.165, 1.54) is 17.3 Å². The zero-order valence-corrected chi connectivity index (χ0v) is 14.8. The minimum atomic E-state index is -0.177. The fourth-order valence-electron chi connectivity index (χ4n) is 2.80. The lowest BCUT2D eigenvalue weighted by molar-refractivity contribution is -0.116. The number of carbonyl (C=O) groups is 1. The van der Waals surface area contributed by atoms with Crippen LogP contribution in [0.2, 0.25) is 0 Å². The number of aromatic nitrogens is 5. The average molecular weight is 354 g/mol. The number of H-pyrrole nitrogens is 1. The van der Waals surface area contributed by atoms with Gasteiger partial charge >= 0.3 is 0 Å². The predicted molar refractivity (Wildman–Crippen MR) is 96.4 cm³/mol. The highest BCUT2D eigenvalue weighted by Gasteiger charge is 2.35. The summed E-state index contributed by atoms with van der Waals surface area (Å²) in [6.07, 6.45) is 2.60. The monoisotopic (exact) mass is 354 g/mol.